The number of benzene rings is 1. The molecular weight excluding hydrogens is 370 g/mol. The molecule has 1 aromatic carbocycles. The second kappa shape index (κ2) is 7.66. The van der Waals surface area contributed by atoms with Crippen molar-refractivity contribution >= 4 is 27.8 Å². The summed E-state index contributed by atoms with van der Waals surface area (Å²) in [7, 11) is -3.76. The summed E-state index contributed by atoms with van der Waals surface area (Å²) in [4.78, 5) is 34.8. The summed E-state index contributed by atoms with van der Waals surface area (Å²) in [6.45, 7) is -0.351. The third-order valence-corrected chi connectivity index (χ3v) is 4.27. The molecule has 1 saturated heterocycles. The minimum Gasteiger partial charge on any atom is -0.445 e. The molecular formula is C14H17N3O8S. The van der Waals surface area contributed by atoms with Gasteiger partial charge in [0.05, 0.1) is 23.8 Å². The first-order valence-corrected chi connectivity index (χ1v) is 9.23. The molecule has 1 unspecified atom stereocenters. The van der Waals surface area contributed by atoms with Crippen LogP contribution in [0.3, 0.4) is 0 Å². The number of rotatable bonds is 6. The Morgan fingerprint density at radius 3 is 2.46 bits per heavy atom. The zero-order valence-electron chi connectivity index (χ0n) is 13.7. The molecule has 2 atom stereocenters. The standard InChI is InChI=1S/C14H17N3O8S/c1-26(22,23)25-11-6-12(13(15)18)16(7-11)14(19)24-8-9-2-4-10(5-3-9)17(20)21/h2-5,11-12H,6-8H2,1H3,(H2,15,18)/t11?,12-/m0/s1. The van der Waals surface area contributed by atoms with Gasteiger partial charge in [0.2, 0.25) is 5.91 Å². The van der Waals surface area contributed by atoms with Gasteiger partial charge in [-0.2, -0.15) is 8.42 Å². The molecule has 11 nitrogen and oxygen atoms in total. The van der Waals surface area contributed by atoms with E-state index in [0.29, 0.717) is 5.56 Å². The van der Waals surface area contributed by atoms with Crippen LogP contribution >= 0.6 is 0 Å². The van der Waals surface area contributed by atoms with E-state index in [0.717, 1.165) is 11.2 Å². The van der Waals surface area contributed by atoms with Crippen LogP contribution < -0.4 is 5.73 Å². The largest absolute Gasteiger partial charge is 0.445 e. The van der Waals surface area contributed by atoms with Crippen LogP contribution in [0, 0.1) is 10.1 Å². The van der Waals surface area contributed by atoms with Gasteiger partial charge in [-0.25, -0.2) is 4.79 Å². The van der Waals surface area contributed by atoms with Crippen LogP contribution in [0.4, 0.5) is 10.5 Å². The molecule has 1 aliphatic rings. The molecule has 1 fully saturated rings. The number of non-ortho nitro benzene ring substituents is 1. The van der Waals surface area contributed by atoms with Gasteiger partial charge in [-0.15, -0.1) is 0 Å². The van der Waals surface area contributed by atoms with Crippen molar-refractivity contribution in [2.75, 3.05) is 12.8 Å². The maximum absolute atomic E-state index is 12.2. The number of likely N-dealkylation sites (tertiary alicyclic amines) is 1. The molecule has 1 heterocycles. The quantitative estimate of drug-likeness (QED) is 0.410. The number of nitro groups is 1. The maximum atomic E-state index is 12.2. The molecule has 1 aliphatic heterocycles. The van der Waals surface area contributed by atoms with E-state index < -0.39 is 39.2 Å². The normalized spacial score (nSPS) is 20.0. The first kappa shape index (κ1) is 19.6. The zero-order valence-corrected chi connectivity index (χ0v) is 14.5. The lowest BCUT2D eigenvalue weighted by Gasteiger charge is -2.21. The van der Waals surface area contributed by atoms with E-state index in [2.05, 4.69) is 0 Å². The third-order valence-electron chi connectivity index (χ3n) is 3.65. The predicted molar refractivity (Wildman–Crippen MR) is 87.3 cm³/mol. The summed E-state index contributed by atoms with van der Waals surface area (Å²) in [6.07, 6.45) is -0.960. The van der Waals surface area contributed by atoms with Gasteiger partial charge >= 0.3 is 6.09 Å². The van der Waals surface area contributed by atoms with Gasteiger partial charge in [-0.3, -0.25) is 24.0 Å². The fourth-order valence-electron chi connectivity index (χ4n) is 2.53. The Labute approximate surface area is 148 Å². The highest BCUT2D eigenvalue weighted by Gasteiger charge is 2.41. The molecule has 26 heavy (non-hydrogen) atoms. The summed E-state index contributed by atoms with van der Waals surface area (Å²) in [5.41, 5.74) is 5.65. The van der Waals surface area contributed by atoms with Crippen LogP contribution in [-0.2, 0) is 30.4 Å². The van der Waals surface area contributed by atoms with E-state index in [1.807, 2.05) is 0 Å². The summed E-state index contributed by atoms with van der Waals surface area (Å²) < 4.78 is 32.3. The molecule has 2 N–H and O–H groups in total. The van der Waals surface area contributed by atoms with Crippen LogP contribution in [0.15, 0.2) is 24.3 Å². The van der Waals surface area contributed by atoms with Crippen LogP contribution in [0.5, 0.6) is 0 Å². The van der Waals surface area contributed by atoms with Crippen molar-refractivity contribution in [3.63, 3.8) is 0 Å². The summed E-state index contributed by atoms with van der Waals surface area (Å²) in [6, 6.07) is 4.33. The highest BCUT2D eigenvalue weighted by atomic mass is 32.2. The smallest absolute Gasteiger partial charge is 0.410 e. The number of hydrogen-bond donors (Lipinski definition) is 1. The molecule has 2 amide bonds. The van der Waals surface area contributed by atoms with Gasteiger partial charge in [-0.05, 0) is 17.7 Å². The van der Waals surface area contributed by atoms with Crippen molar-refractivity contribution in [3.8, 4) is 0 Å². The van der Waals surface area contributed by atoms with E-state index in [1.54, 1.807) is 0 Å². The highest BCUT2D eigenvalue weighted by Crippen LogP contribution is 2.23. The first-order valence-electron chi connectivity index (χ1n) is 7.41. The van der Waals surface area contributed by atoms with Crippen LogP contribution in [-0.4, -0.2) is 55.2 Å². The van der Waals surface area contributed by atoms with Crippen molar-refractivity contribution in [1.82, 2.24) is 4.90 Å². The topological polar surface area (TPSA) is 159 Å². The number of nitrogens with two attached hydrogens (primary N) is 1. The van der Waals surface area contributed by atoms with Crippen molar-refractivity contribution in [2.45, 2.75) is 25.2 Å². The Morgan fingerprint density at radius 1 is 1.35 bits per heavy atom. The molecule has 0 bridgehead atoms. The van der Waals surface area contributed by atoms with Gasteiger partial charge in [0.15, 0.2) is 0 Å². The number of nitro benzene ring substituents is 1. The van der Waals surface area contributed by atoms with Gasteiger partial charge in [-0.1, -0.05) is 0 Å². The number of nitrogens with zero attached hydrogens (tertiary/aromatic N) is 2. The predicted octanol–water partition coefficient (Wildman–Crippen LogP) is 0.136. The van der Waals surface area contributed by atoms with E-state index in [-0.39, 0.29) is 25.3 Å². The SMILES string of the molecule is CS(=O)(=O)OC1C[C@@H](C(N)=O)N(C(=O)OCc2ccc([N+](=O)[O-])cc2)C1. The lowest BCUT2D eigenvalue weighted by molar-refractivity contribution is -0.384. The molecule has 0 saturated carbocycles. The van der Waals surface area contributed by atoms with Crippen LogP contribution in [0.2, 0.25) is 0 Å². The van der Waals surface area contributed by atoms with E-state index in [4.69, 9.17) is 14.7 Å². The Hall–Kier alpha value is -2.73. The Kier molecular flexibility index (Phi) is 5.77. The molecule has 0 radical (unpaired) electrons. The minimum absolute atomic E-state index is 0.0605. The second-order valence-corrected chi connectivity index (χ2v) is 7.31. The van der Waals surface area contributed by atoms with Gasteiger partial charge in [0.1, 0.15) is 12.6 Å². The highest BCUT2D eigenvalue weighted by molar-refractivity contribution is 7.86. The number of hydrogen-bond acceptors (Lipinski definition) is 8. The Balaban J connectivity index is 2.00. The van der Waals surface area contributed by atoms with Crippen LogP contribution in [0.25, 0.3) is 0 Å². The number of carbonyl (C=O) groups excluding carboxylic acids is 2. The molecule has 12 heteroatoms. The molecule has 2 rings (SSSR count). The second-order valence-electron chi connectivity index (χ2n) is 5.71. The van der Waals surface area contributed by atoms with E-state index >= 15 is 0 Å². The maximum Gasteiger partial charge on any atom is 0.410 e. The average Bonchev–Trinajstić information content (AvgIpc) is 2.95. The number of carbonyl (C=O) groups is 2. The first-order chi connectivity index (χ1) is 12.1. The van der Waals surface area contributed by atoms with Gasteiger partial charge in [0.25, 0.3) is 15.8 Å². The lowest BCUT2D eigenvalue weighted by Crippen LogP contribution is -2.44. The molecule has 0 aromatic heterocycles. The number of amides is 2. The fraction of sp³-hybridized carbons (Fsp3) is 0.429. The number of primary amides is 1. The fourth-order valence-corrected chi connectivity index (χ4v) is 3.16. The Morgan fingerprint density at radius 2 is 1.96 bits per heavy atom. The van der Waals surface area contributed by atoms with Crippen molar-refractivity contribution in [1.29, 1.82) is 0 Å². The van der Waals surface area contributed by atoms with Crippen molar-refractivity contribution in [3.05, 3.63) is 39.9 Å². The van der Waals surface area contributed by atoms with E-state index in [9.17, 15) is 28.1 Å². The molecule has 0 spiro atoms. The minimum atomic E-state index is -3.76. The van der Waals surface area contributed by atoms with Crippen molar-refractivity contribution in [2.24, 2.45) is 5.73 Å². The average molecular weight is 387 g/mol. The Bertz CT molecular complexity index is 808. The van der Waals surface area contributed by atoms with Crippen molar-refractivity contribution < 1.29 is 31.9 Å². The van der Waals surface area contributed by atoms with Crippen LogP contribution in [0.1, 0.15) is 12.0 Å². The number of ether oxygens (including phenoxy) is 1. The molecule has 142 valence electrons. The monoisotopic (exact) mass is 387 g/mol. The van der Waals surface area contributed by atoms with E-state index in [1.165, 1.54) is 24.3 Å². The summed E-state index contributed by atoms with van der Waals surface area (Å²) in [5.74, 6) is -0.808. The van der Waals surface area contributed by atoms with Gasteiger partial charge < -0.3 is 10.5 Å². The van der Waals surface area contributed by atoms with Gasteiger partial charge in [0, 0.05) is 18.6 Å². The summed E-state index contributed by atoms with van der Waals surface area (Å²) >= 11 is 0. The molecule has 1 aromatic rings. The molecule has 0 aliphatic carbocycles. The summed E-state index contributed by atoms with van der Waals surface area (Å²) in [5, 5.41) is 10.6. The zero-order chi connectivity index (χ0) is 19.5. The third kappa shape index (κ3) is 5.13. The lowest BCUT2D eigenvalue weighted by atomic mass is 10.2.